The van der Waals surface area contributed by atoms with E-state index in [2.05, 4.69) is 25.0 Å². The molecule has 29 heavy (non-hydrogen) atoms. The lowest BCUT2D eigenvalue weighted by atomic mass is 10.2. The average Bonchev–Trinajstić information content (AvgIpc) is 3.09. The molecule has 0 unspecified atom stereocenters. The smallest absolute Gasteiger partial charge is 0.406 e. The van der Waals surface area contributed by atoms with Gasteiger partial charge in [-0.3, -0.25) is 4.40 Å². The van der Waals surface area contributed by atoms with Crippen molar-refractivity contribution in [1.29, 1.82) is 0 Å². The van der Waals surface area contributed by atoms with Crippen molar-refractivity contribution in [3.05, 3.63) is 72.6 Å². The van der Waals surface area contributed by atoms with Gasteiger partial charge in [0.05, 0.1) is 17.6 Å². The monoisotopic (exact) mass is 403 g/mol. The maximum absolute atomic E-state index is 13.3. The van der Waals surface area contributed by atoms with E-state index in [0.29, 0.717) is 29.4 Å². The summed E-state index contributed by atoms with van der Waals surface area (Å²) < 4.78 is 55.5. The molecule has 10 heteroatoms. The van der Waals surface area contributed by atoms with Gasteiger partial charge in [0.2, 0.25) is 0 Å². The number of aromatic nitrogens is 4. The van der Waals surface area contributed by atoms with E-state index in [4.69, 9.17) is 0 Å². The van der Waals surface area contributed by atoms with Crippen LogP contribution in [0.4, 0.5) is 23.4 Å². The Hall–Kier alpha value is -3.69. The van der Waals surface area contributed by atoms with Gasteiger partial charge in [-0.1, -0.05) is 12.1 Å². The van der Waals surface area contributed by atoms with Crippen LogP contribution in [0.25, 0.3) is 17.0 Å². The molecule has 0 fully saturated rings. The fourth-order valence-corrected chi connectivity index (χ4v) is 2.74. The summed E-state index contributed by atoms with van der Waals surface area (Å²) in [6, 6.07) is 9.87. The fourth-order valence-electron chi connectivity index (χ4n) is 2.74. The molecule has 4 aromatic rings. The molecular formula is C19H13F4N5O. The number of hydrogen-bond donors (Lipinski definition) is 1. The standard InChI is InChI=1S/C19H13F4N5O/c20-13-5-6-28-16(10-25-18(28)7-13)15-8-17(27-11-26-15)24-9-12-1-3-14(4-2-12)29-19(21,22)23/h1-8,10-11H,9H2,(H,24,26,27). The van der Waals surface area contributed by atoms with Crippen molar-refractivity contribution in [2.45, 2.75) is 12.9 Å². The van der Waals surface area contributed by atoms with Crippen molar-refractivity contribution in [1.82, 2.24) is 19.4 Å². The summed E-state index contributed by atoms with van der Waals surface area (Å²) >= 11 is 0. The second kappa shape index (κ2) is 7.38. The Labute approximate surface area is 161 Å². The first-order valence-electron chi connectivity index (χ1n) is 8.41. The summed E-state index contributed by atoms with van der Waals surface area (Å²) in [4.78, 5) is 12.5. The van der Waals surface area contributed by atoms with E-state index in [1.165, 1.54) is 42.7 Å². The molecule has 1 aromatic carbocycles. The third-order valence-corrected chi connectivity index (χ3v) is 4.04. The molecule has 148 valence electrons. The third kappa shape index (κ3) is 4.42. The highest BCUT2D eigenvalue weighted by atomic mass is 19.4. The second-order valence-electron chi connectivity index (χ2n) is 6.05. The quantitative estimate of drug-likeness (QED) is 0.499. The lowest BCUT2D eigenvalue weighted by Crippen LogP contribution is -2.17. The van der Waals surface area contributed by atoms with Crippen molar-refractivity contribution >= 4 is 11.5 Å². The Morgan fingerprint density at radius 2 is 1.79 bits per heavy atom. The lowest BCUT2D eigenvalue weighted by Gasteiger charge is -2.10. The molecule has 0 saturated carbocycles. The highest BCUT2D eigenvalue weighted by molar-refractivity contribution is 5.62. The molecular weight excluding hydrogens is 390 g/mol. The maximum atomic E-state index is 13.3. The minimum absolute atomic E-state index is 0.283. The Balaban J connectivity index is 1.48. The zero-order valence-corrected chi connectivity index (χ0v) is 14.7. The van der Waals surface area contributed by atoms with E-state index < -0.39 is 6.36 Å². The number of benzene rings is 1. The highest BCUT2D eigenvalue weighted by Crippen LogP contribution is 2.24. The van der Waals surface area contributed by atoms with Crippen molar-refractivity contribution < 1.29 is 22.3 Å². The summed E-state index contributed by atoms with van der Waals surface area (Å²) in [5.41, 5.74) is 2.44. The van der Waals surface area contributed by atoms with Crippen LogP contribution >= 0.6 is 0 Å². The Morgan fingerprint density at radius 3 is 2.55 bits per heavy atom. The first-order chi connectivity index (χ1) is 13.9. The van der Waals surface area contributed by atoms with Crippen LogP contribution in [-0.2, 0) is 6.54 Å². The second-order valence-corrected chi connectivity index (χ2v) is 6.05. The van der Waals surface area contributed by atoms with E-state index in [1.807, 2.05) is 0 Å². The number of fused-ring (bicyclic) bond motifs is 1. The molecule has 0 aliphatic heterocycles. The van der Waals surface area contributed by atoms with Gasteiger partial charge in [0, 0.05) is 24.9 Å². The number of alkyl halides is 3. The van der Waals surface area contributed by atoms with Gasteiger partial charge in [0.15, 0.2) is 0 Å². The molecule has 4 rings (SSSR count). The Kier molecular flexibility index (Phi) is 4.75. The van der Waals surface area contributed by atoms with Gasteiger partial charge in [0.25, 0.3) is 0 Å². The van der Waals surface area contributed by atoms with Crippen LogP contribution in [0.3, 0.4) is 0 Å². The number of ether oxygens (including phenoxy) is 1. The summed E-state index contributed by atoms with van der Waals surface area (Å²) in [6.45, 7) is 0.334. The first-order valence-corrected chi connectivity index (χ1v) is 8.41. The number of pyridine rings is 1. The van der Waals surface area contributed by atoms with E-state index in [-0.39, 0.29) is 11.6 Å². The number of halogens is 4. The molecule has 1 N–H and O–H groups in total. The van der Waals surface area contributed by atoms with Crippen LogP contribution in [0.5, 0.6) is 5.75 Å². The molecule has 0 amide bonds. The van der Waals surface area contributed by atoms with E-state index in [1.54, 1.807) is 22.9 Å². The normalized spacial score (nSPS) is 11.6. The fraction of sp³-hybridized carbons (Fsp3) is 0.105. The topological polar surface area (TPSA) is 64.3 Å². The minimum atomic E-state index is -4.72. The van der Waals surface area contributed by atoms with Gasteiger partial charge >= 0.3 is 6.36 Å². The number of nitrogens with one attached hydrogen (secondary N) is 1. The Morgan fingerprint density at radius 1 is 1.00 bits per heavy atom. The van der Waals surface area contributed by atoms with Crippen molar-refractivity contribution in [2.24, 2.45) is 0 Å². The summed E-state index contributed by atoms with van der Waals surface area (Å²) in [7, 11) is 0. The molecule has 0 aliphatic rings. The van der Waals surface area contributed by atoms with Crippen molar-refractivity contribution in [3.63, 3.8) is 0 Å². The summed E-state index contributed by atoms with van der Waals surface area (Å²) in [5, 5.41) is 3.08. The average molecular weight is 403 g/mol. The zero-order valence-electron chi connectivity index (χ0n) is 14.7. The lowest BCUT2D eigenvalue weighted by molar-refractivity contribution is -0.274. The maximum Gasteiger partial charge on any atom is 0.573 e. The van der Waals surface area contributed by atoms with Crippen LogP contribution in [0.15, 0.2) is 61.2 Å². The van der Waals surface area contributed by atoms with Crippen LogP contribution in [-0.4, -0.2) is 25.7 Å². The van der Waals surface area contributed by atoms with E-state index in [9.17, 15) is 17.6 Å². The van der Waals surface area contributed by atoms with Gasteiger partial charge in [-0.25, -0.2) is 19.3 Å². The summed E-state index contributed by atoms with van der Waals surface area (Å²) in [5.74, 6) is -0.149. The number of hydrogen-bond acceptors (Lipinski definition) is 5. The zero-order chi connectivity index (χ0) is 20.4. The molecule has 0 saturated heterocycles. The number of rotatable bonds is 5. The van der Waals surface area contributed by atoms with Crippen LogP contribution < -0.4 is 10.1 Å². The predicted molar refractivity (Wildman–Crippen MR) is 96.6 cm³/mol. The summed E-state index contributed by atoms with van der Waals surface area (Å²) in [6.07, 6.45) is -0.200. The third-order valence-electron chi connectivity index (χ3n) is 4.04. The van der Waals surface area contributed by atoms with Crippen LogP contribution in [0.2, 0.25) is 0 Å². The molecule has 6 nitrogen and oxygen atoms in total. The van der Waals surface area contributed by atoms with Gasteiger partial charge in [-0.15, -0.1) is 13.2 Å². The number of nitrogens with zero attached hydrogens (tertiary/aromatic N) is 4. The minimum Gasteiger partial charge on any atom is -0.406 e. The van der Waals surface area contributed by atoms with Crippen molar-refractivity contribution in [2.75, 3.05) is 5.32 Å². The molecule has 0 spiro atoms. The van der Waals surface area contributed by atoms with Gasteiger partial charge in [0.1, 0.15) is 29.4 Å². The SMILES string of the molecule is Fc1ccn2c(-c3cc(NCc4ccc(OC(F)(F)F)cc4)ncn3)cnc2c1. The van der Waals surface area contributed by atoms with Gasteiger partial charge < -0.3 is 10.1 Å². The Bertz CT molecular complexity index is 1140. The van der Waals surface area contributed by atoms with Gasteiger partial charge in [-0.05, 0) is 23.8 Å². The van der Waals surface area contributed by atoms with E-state index in [0.717, 1.165) is 5.56 Å². The van der Waals surface area contributed by atoms with Crippen molar-refractivity contribution in [3.8, 4) is 17.1 Å². The largest absolute Gasteiger partial charge is 0.573 e. The molecule has 0 bridgehead atoms. The van der Waals surface area contributed by atoms with E-state index >= 15 is 0 Å². The number of imidazole rings is 1. The van der Waals surface area contributed by atoms with Crippen LogP contribution in [0, 0.1) is 5.82 Å². The number of anilines is 1. The van der Waals surface area contributed by atoms with Gasteiger partial charge in [-0.2, -0.15) is 0 Å². The molecule has 3 aromatic heterocycles. The molecule has 0 aliphatic carbocycles. The highest BCUT2D eigenvalue weighted by Gasteiger charge is 2.30. The van der Waals surface area contributed by atoms with Crippen LogP contribution in [0.1, 0.15) is 5.56 Å². The molecule has 3 heterocycles. The first kappa shape index (κ1) is 18.7. The predicted octanol–water partition coefficient (Wildman–Crippen LogP) is 4.44. The molecule has 0 radical (unpaired) electrons. The molecule has 0 atom stereocenters.